The van der Waals surface area contributed by atoms with Crippen LogP contribution in [0.15, 0.2) is 27.3 Å². The third kappa shape index (κ3) is 3.34. The highest BCUT2D eigenvalue weighted by Gasteiger charge is 2.54. The molecule has 0 saturated carbocycles. The van der Waals surface area contributed by atoms with Crippen LogP contribution in [0.2, 0.25) is 0 Å². The zero-order valence-corrected chi connectivity index (χ0v) is 13.3. The van der Waals surface area contributed by atoms with Gasteiger partial charge in [0.2, 0.25) is 0 Å². The minimum Gasteiger partial charge on any atom is -0.469 e. The van der Waals surface area contributed by atoms with Crippen molar-refractivity contribution in [3.63, 3.8) is 0 Å². The molecule has 2 amide bonds. The van der Waals surface area contributed by atoms with Gasteiger partial charge in [0.25, 0.3) is 0 Å². The number of urea groups is 1. The van der Waals surface area contributed by atoms with Gasteiger partial charge in [-0.3, -0.25) is 5.32 Å². The van der Waals surface area contributed by atoms with Gasteiger partial charge in [0.15, 0.2) is 17.2 Å². The number of hydrogen-bond acceptors (Lipinski definition) is 5. The summed E-state index contributed by atoms with van der Waals surface area (Å²) in [5.41, 5.74) is -2.06. The van der Waals surface area contributed by atoms with Crippen LogP contribution in [0, 0.1) is 6.92 Å². The molecule has 0 aliphatic carbocycles. The predicted octanol–water partition coefficient (Wildman–Crippen LogP) is 3.16. The topological polar surface area (TPSA) is 91.7 Å². The lowest BCUT2D eigenvalue weighted by Crippen LogP contribution is -2.55. The molecular formula is C15H16F3N3O4. The molecule has 0 radical (unpaired) electrons. The first-order valence-electron chi connectivity index (χ1n) is 7.56. The van der Waals surface area contributed by atoms with Gasteiger partial charge in [-0.05, 0) is 13.0 Å². The van der Waals surface area contributed by atoms with E-state index in [9.17, 15) is 23.1 Å². The standard InChI is InChI=1S/C15H16F3N3O4/c1-9-10(2-7-24-9)11-8-12(20-25-11)19-13(22)21-5-3-14(23,4-6-21)15(16,17)18/h2,7-8,23H,3-6H2,1H3,(H,19,20,22). The molecule has 7 nitrogen and oxygen atoms in total. The van der Waals surface area contributed by atoms with E-state index in [1.54, 1.807) is 13.0 Å². The first-order valence-corrected chi connectivity index (χ1v) is 7.56. The molecule has 0 aromatic carbocycles. The van der Waals surface area contributed by atoms with Gasteiger partial charge in [-0.1, -0.05) is 5.16 Å². The van der Waals surface area contributed by atoms with Crippen LogP contribution in [-0.2, 0) is 0 Å². The monoisotopic (exact) mass is 359 g/mol. The first-order chi connectivity index (χ1) is 11.7. The number of furan rings is 1. The fraction of sp³-hybridized carbons (Fsp3) is 0.467. The van der Waals surface area contributed by atoms with Crippen LogP contribution in [0.4, 0.5) is 23.8 Å². The number of carbonyl (C=O) groups excluding carboxylic acids is 1. The number of anilines is 1. The first kappa shape index (κ1) is 17.3. The van der Waals surface area contributed by atoms with Gasteiger partial charge in [0, 0.05) is 32.0 Å². The molecule has 1 fully saturated rings. The second-order valence-electron chi connectivity index (χ2n) is 5.91. The van der Waals surface area contributed by atoms with Crippen molar-refractivity contribution in [2.45, 2.75) is 31.5 Å². The number of piperidine rings is 1. The summed E-state index contributed by atoms with van der Waals surface area (Å²) in [6.45, 7) is 1.31. The van der Waals surface area contributed by atoms with Gasteiger partial charge in [-0.2, -0.15) is 13.2 Å². The second-order valence-corrected chi connectivity index (χ2v) is 5.91. The second kappa shape index (κ2) is 6.10. The summed E-state index contributed by atoms with van der Waals surface area (Å²) >= 11 is 0. The molecule has 1 aliphatic heterocycles. The Hall–Kier alpha value is -2.49. The highest BCUT2D eigenvalue weighted by atomic mass is 19.4. The quantitative estimate of drug-likeness (QED) is 0.859. The Morgan fingerprint density at radius 1 is 1.40 bits per heavy atom. The summed E-state index contributed by atoms with van der Waals surface area (Å²) < 4.78 is 48.6. The summed E-state index contributed by atoms with van der Waals surface area (Å²) in [5, 5.41) is 15.8. The lowest BCUT2D eigenvalue weighted by molar-refractivity contribution is -0.271. The number of hydrogen-bond donors (Lipinski definition) is 2. The highest BCUT2D eigenvalue weighted by Crippen LogP contribution is 2.38. The van der Waals surface area contributed by atoms with E-state index in [-0.39, 0.29) is 18.9 Å². The van der Waals surface area contributed by atoms with Crippen molar-refractivity contribution in [1.82, 2.24) is 10.1 Å². The van der Waals surface area contributed by atoms with E-state index >= 15 is 0 Å². The third-order valence-electron chi connectivity index (χ3n) is 4.27. The Morgan fingerprint density at radius 3 is 2.64 bits per heavy atom. The molecule has 0 atom stereocenters. The number of rotatable bonds is 2. The predicted molar refractivity (Wildman–Crippen MR) is 79.8 cm³/mol. The maximum Gasteiger partial charge on any atom is 0.417 e. The van der Waals surface area contributed by atoms with E-state index in [0.717, 1.165) is 0 Å². The molecule has 25 heavy (non-hydrogen) atoms. The zero-order chi connectivity index (χ0) is 18.2. The van der Waals surface area contributed by atoms with Crippen molar-refractivity contribution >= 4 is 11.8 Å². The fourth-order valence-electron chi connectivity index (χ4n) is 2.65. The Kier molecular flexibility index (Phi) is 4.23. The van der Waals surface area contributed by atoms with E-state index in [0.29, 0.717) is 17.1 Å². The molecule has 2 aromatic rings. The summed E-state index contributed by atoms with van der Waals surface area (Å²) in [5.74, 6) is 1.15. The number of aryl methyl sites for hydroxylation is 1. The van der Waals surface area contributed by atoms with E-state index < -0.39 is 30.7 Å². The van der Waals surface area contributed by atoms with Crippen molar-refractivity contribution in [3.8, 4) is 11.3 Å². The van der Waals surface area contributed by atoms with Gasteiger partial charge in [-0.15, -0.1) is 0 Å². The Balaban J connectivity index is 1.61. The number of amides is 2. The van der Waals surface area contributed by atoms with E-state index in [4.69, 9.17) is 8.94 Å². The van der Waals surface area contributed by atoms with Gasteiger partial charge >= 0.3 is 12.2 Å². The Labute approximate surface area is 140 Å². The van der Waals surface area contributed by atoms with Crippen molar-refractivity contribution in [1.29, 1.82) is 0 Å². The lowest BCUT2D eigenvalue weighted by Gasteiger charge is -2.38. The summed E-state index contributed by atoms with van der Waals surface area (Å²) in [6, 6.07) is 2.57. The maximum atomic E-state index is 12.8. The molecular weight excluding hydrogens is 343 g/mol. The average molecular weight is 359 g/mol. The minimum atomic E-state index is -4.71. The number of aliphatic hydroxyl groups is 1. The summed E-state index contributed by atoms with van der Waals surface area (Å²) in [7, 11) is 0. The van der Waals surface area contributed by atoms with Crippen LogP contribution in [0.5, 0.6) is 0 Å². The van der Waals surface area contributed by atoms with Crippen molar-refractivity contribution in [3.05, 3.63) is 24.2 Å². The molecule has 1 saturated heterocycles. The zero-order valence-electron chi connectivity index (χ0n) is 13.3. The van der Waals surface area contributed by atoms with Gasteiger partial charge in [0.05, 0.1) is 11.8 Å². The lowest BCUT2D eigenvalue weighted by atomic mass is 9.91. The van der Waals surface area contributed by atoms with Crippen molar-refractivity contribution < 1.29 is 32.0 Å². The smallest absolute Gasteiger partial charge is 0.417 e. The molecule has 0 unspecified atom stereocenters. The number of likely N-dealkylation sites (tertiary alicyclic amines) is 1. The fourth-order valence-corrected chi connectivity index (χ4v) is 2.65. The number of alkyl halides is 3. The molecule has 3 rings (SSSR count). The van der Waals surface area contributed by atoms with Gasteiger partial charge in [0.1, 0.15) is 5.76 Å². The SMILES string of the molecule is Cc1occc1-c1cc(NC(=O)N2CCC(O)(C(F)(F)F)CC2)no1. The van der Waals surface area contributed by atoms with Crippen molar-refractivity contribution in [2.24, 2.45) is 0 Å². The highest BCUT2D eigenvalue weighted by molar-refractivity contribution is 5.88. The number of carbonyl (C=O) groups is 1. The molecule has 0 bridgehead atoms. The number of aromatic nitrogens is 1. The molecule has 1 aliphatic rings. The van der Waals surface area contributed by atoms with Gasteiger partial charge < -0.3 is 18.9 Å². The molecule has 136 valence electrons. The van der Waals surface area contributed by atoms with Crippen LogP contribution in [-0.4, -0.2) is 46.1 Å². The third-order valence-corrected chi connectivity index (χ3v) is 4.27. The normalized spacial score (nSPS) is 17.6. The van der Waals surface area contributed by atoms with Crippen LogP contribution in [0.1, 0.15) is 18.6 Å². The average Bonchev–Trinajstić information content (AvgIpc) is 3.15. The molecule has 2 N–H and O–H groups in total. The largest absolute Gasteiger partial charge is 0.469 e. The molecule has 2 aromatic heterocycles. The number of nitrogens with zero attached hydrogens (tertiary/aromatic N) is 2. The molecule has 10 heteroatoms. The van der Waals surface area contributed by atoms with E-state index in [1.807, 2.05) is 0 Å². The van der Waals surface area contributed by atoms with Crippen LogP contribution < -0.4 is 5.32 Å². The van der Waals surface area contributed by atoms with Crippen LogP contribution in [0.25, 0.3) is 11.3 Å². The minimum absolute atomic E-state index is 0.136. The Bertz CT molecular complexity index is 760. The van der Waals surface area contributed by atoms with Crippen molar-refractivity contribution in [2.75, 3.05) is 18.4 Å². The van der Waals surface area contributed by atoms with E-state index in [1.165, 1.54) is 17.2 Å². The molecule has 3 heterocycles. The number of nitrogens with one attached hydrogen (secondary N) is 1. The summed E-state index contributed by atoms with van der Waals surface area (Å²) in [6.07, 6.45) is -4.36. The van der Waals surface area contributed by atoms with Gasteiger partial charge in [-0.25, -0.2) is 4.79 Å². The van der Waals surface area contributed by atoms with Crippen LogP contribution in [0.3, 0.4) is 0 Å². The maximum absolute atomic E-state index is 12.8. The number of halogens is 3. The molecule has 0 spiro atoms. The van der Waals surface area contributed by atoms with E-state index in [2.05, 4.69) is 10.5 Å². The Morgan fingerprint density at radius 2 is 2.08 bits per heavy atom. The summed E-state index contributed by atoms with van der Waals surface area (Å²) in [4.78, 5) is 13.3. The van der Waals surface area contributed by atoms with Crippen LogP contribution >= 0.6 is 0 Å².